The molecule has 0 saturated heterocycles. The Morgan fingerprint density at radius 3 is 2.89 bits per heavy atom. The zero-order valence-corrected chi connectivity index (χ0v) is 11.5. The van der Waals surface area contributed by atoms with Gasteiger partial charge >= 0.3 is 0 Å². The number of halogens is 1. The maximum Gasteiger partial charge on any atom is 0.124 e. The van der Waals surface area contributed by atoms with Gasteiger partial charge in [0.2, 0.25) is 0 Å². The van der Waals surface area contributed by atoms with Gasteiger partial charge < -0.3 is 19.9 Å². The minimum absolute atomic E-state index is 0.215. The van der Waals surface area contributed by atoms with E-state index >= 15 is 0 Å². The summed E-state index contributed by atoms with van der Waals surface area (Å²) in [4.78, 5) is 0. The summed E-state index contributed by atoms with van der Waals surface area (Å²) in [6.45, 7) is 3.88. The molecule has 1 aromatic rings. The molecule has 1 aromatic carbocycles. The van der Waals surface area contributed by atoms with Crippen molar-refractivity contribution in [1.29, 1.82) is 0 Å². The van der Waals surface area contributed by atoms with Crippen LogP contribution in [-0.2, 0) is 11.3 Å². The van der Waals surface area contributed by atoms with Crippen LogP contribution in [0, 0.1) is 5.82 Å². The molecular weight excluding hydrogens is 249 g/mol. The third kappa shape index (κ3) is 6.00. The fourth-order valence-corrected chi connectivity index (χ4v) is 1.53. The van der Waals surface area contributed by atoms with E-state index in [2.05, 4.69) is 5.32 Å². The second-order valence-electron chi connectivity index (χ2n) is 4.29. The molecule has 1 unspecified atom stereocenters. The summed E-state index contributed by atoms with van der Waals surface area (Å²) in [5, 5.41) is 12.6. The highest BCUT2D eigenvalue weighted by Gasteiger charge is 2.08. The van der Waals surface area contributed by atoms with Crippen LogP contribution < -0.4 is 10.1 Å². The molecule has 0 aliphatic rings. The van der Waals surface area contributed by atoms with E-state index in [9.17, 15) is 9.50 Å². The van der Waals surface area contributed by atoms with Gasteiger partial charge in [-0.25, -0.2) is 4.39 Å². The van der Waals surface area contributed by atoms with Crippen LogP contribution in [0.3, 0.4) is 0 Å². The zero-order valence-electron chi connectivity index (χ0n) is 11.5. The van der Waals surface area contributed by atoms with Crippen molar-refractivity contribution in [3.05, 3.63) is 29.6 Å². The molecule has 4 nitrogen and oxygen atoms in total. The number of hydrogen-bond donors (Lipinski definition) is 2. The topological polar surface area (TPSA) is 50.7 Å². The van der Waals surface area contributed by atoms with Crippen molar-refractivity contribution in [2.75, 3.05) is 26.9 Å². The third-order valence-electron chi connectivity index (χ3n) is 2.72. The van der Waals surface area contributed by atoms with Crippen LogP contribution in [0.25, 0.3) is 0 Å². The largest absolute Gasteiger partial charge is 0.491 e. The van der Waals surface area contributed by atoms with E-state index in [1.807, 2.05) is 6.92 Å². The molecule has 108 valence electrons. The minimum atomic E-state index is -0.501. The summed E-state index contributed by atoms with van der Waals surface area (Å²) in [5.74, 6) is 0.297. The van der Waals surface area contributed by atoms with Crippen LogP contribution in [-0.4, -0.2) is 38.1 Å². The Labute approximate surface area is 113 Å². The first-order chi connectivity index (χ1) is 9.17. The maximum atomic E-state index is 13.2. The van der Waals surface area contributed by atoms with Crippen LogP contribution in [0.2, 0.25) is 0 Å². The second kappa shape index (κ2) is 8.85. The summed E-state index contributed by atoms with van der Waals surface area (Å²) in [6, 6.07) is 4.38. The van der Waals surface area contributed by atoms with Gasteiger partial charge in [-0.05, 0) is 24.6 Å². The molecule has 0 bridgehead atoms. The molecule has 0 aromatic heterocycles. The summed E-state index contributed by atoms with van der Waals surface area (Å²) >= 11 is 0. The van der Waals surface area contributed by atoms with E-state index in [1.165, 1.54) is 12.1 Å². The molecule has 0 aliphatic heterocycles. The third-order valence-corrected chi connectivity index (χ3v) is 2.72. The number of benzene rings is 1. The molecule has 19 heavy (non-hydrogen) atoms. The number of hydrogen-bond acceptors (Lipinski definition) is 4. The average molecular weight is 271 g/mol. The lowest BCUT2D eigenvalue weighted by Crippen LogP contribution is -2.20. The molecule has 0 aliphatic carbocycles. The molecule has 2 N–H and O–H groups in total. The predicted octanol–water partition coefficient (Wildman–Crippen LogP) is 1.71. The number of ether oxygens (including phenoxy) is 2. The molecule has 0 radical (unpaired) electrons. The highest BCUT2D eigenvalue weighted by Crippen LogP contribution is 2.20. The molecule has 0 heterocycles. The van der Waals surface area contributed by atoms with Crippen LogP contribution in [0.5, 0.6) is 5.75 Å². The molecule has 0 spiro atoms. The fourth-order valence-electron chi connectivity index (χ4n) is 1.53. The molecule has 5 heteroatoms. The van der Waals surface area contributed by atoms with Gasteiger partial charge in [-0.1, -0.05) is 6.92 Å². The van der Waals surface area contributed by atoms with E-state index in [-0.39, 0.29) is 12.4 Å². The smallest absolute Gasteiger partial charge is 0.124 e. The number of nitrogens with one attached hydrogen (secondary N) is 1. The van der Waals surface area contributed by atoms with E-state index in [4.69, 9.17) is 9.47 Å². The zero-order chi connectivity index (χ0) is 14.1. The molecule has 0 fully saturated rings. The number of aliphatic hydroxyl groups excluding tert-OH is 1. The normalized spacial score (nSPS) is 12.4. The summed E-state index contributed by atoms with van der Waals surface area (Å²) < 4.78 is 23.7. The van der Waals surface area contributed by atoms with Crippen molar-refractivity contribution in [3.8, 4) is 5.75 Å². The standard InChI is InChI=1S/C14H22FNO3/c1-3-13(17)10-19-14-5-4-12(15)8-11(14)9-16-6-7-18-2/h4-5,8,13,16-17H,3,6-7,9-10H2,1-2H3. The Morgan fingerprint density at radius 2 is 2.21 bits per heavy atom. The fraction of sp³-hybridized carbons (Fsp3) is 0.571. The van der Waals surface area contributed by atoms with Crippen molar-refractivity contribution >= 4 is 0 Å². The van der Waals surface area contributed by atoms with Crippen LogP contribution in [0.1, 0.15) is 18.9 Å². The van der Waals surface area contributed by atoms with Gasteiger partial charge in [-0.2, -0.15) is 0 Å². The summed E-state index contributed by atoms with van der Waals surface area (Å²) in [6.07, 6.45) is 0.127. The highest BCUT2D eigenvalue weighted by molar-refractivity contribution is 5.34. The first-order valence-electron chi connectivity index (χ1n) is 6.46. The quantitative estimate of drug-likeness (QED) is 0.671. The SMILES string of the molecule is CCC(O)COc1ccc(F)cc1CNCCOC. The molecule has 0 amide bonds. The predicted molar refractivity (Wildman–Crippen MR) is 71.8 cm³/mol. The van der Waals surface area contributed by atoms with Gasteiger partial charge in [-0.3, -0.25) is 0 Å². The lowest BCUT2D eigenvalue weighted by Gasteiger charge is -2.14. The second-order valence-corrected chi connectivity index (χ2v) is 4.29. The number of aliphatic hydroxyl groups is 1. The van der Waals surface area contributed by atoms with Crippen molar-refractivity contribution < 1.29 is 19.0 Å². The summed E-state index contributed by atoms with van der Waals surface area (Å²) in [5.41, 5.74) is 0.736. The van der Waals surface area contributed by atoms with Crippen LogP contribution in [0.15, 0.2) is 18.2 Å². The Balaban J connectivity index is 2.58. The molecule has 0 saturated carbocycles. The van der Waals surface area contributed by atoms with Crippen LogP contribution in [0.4, 0.5) is 4.39 Å². The Morgan fingerprint density at radius 1 is 1.42 bits per heavy atom. The van der Waals surface area contributed by atoms with Gasteiger partial charge in [0.05, 0.1) is 12.7 Å². The number of methoxy groups -OCH3 is 1. The number of rotatable bonds is 9. The molecule has 1 rings (SSSR count). The van der Waals surface area contributed by atoms with Crippen molar-refractivity contribution in [2.45, 2.75) is 26.0 Å². The van der Waals surface area contributed by atoms with Gasteiger partial charge in [0.15, 0.2) is 0 Å². The van der Waals surface area contributed by atoms with Crippen molar-refractivity contribution in [3.63, 3.8) is 0 Å². The van der Waals surface area contributed by atoms with Gasteiger partial charge in [0, 0.05) is 25.8 Å². The highest BCUT2D eigenvalue weighted by atomic mass is 19.1. The minimum Gasteiger partial charge on any atom is -0.491 e. The Hall–Kier alpha value is -1.17. The first-order valence-corrected chi connectivity index (χ1v) is 6.46. The lowest BCUT2D eigenvalue weighted by atomic mass is 10.2. The monoisotopic (exact) mass is 271 g/mol. The van der Waals surface area contributed by atoms with Gasteiger partial charge in [0.25, 0.3) is 0 Å². The van der Waals surface area contributed by atoms with Gasteiger partial charge in [-0.15, -0.1) is 0 Å². The van der Waals surface area contributed by atoms with E-state index in [1.54, 1.807) is 13.2 Å². The Bertz CT molecular complexity index is 374. The van der Waals surface area contributed by atoms with E-state index in [0.29, 0.717) is 31.9 Å². The molecular formula is C14H22FNO3. The maximum absolute atomic E-state index is 13.2. The van der Waals surface area contributed by atoms with Crippen molar-refractivity contribution in [2.24, 2.45) is 0 Å². The van der Waals surface area contributed by atoms with Crippen molar-refractivity contribution in [1.82, 2.24) is 5.32 Å². The lowest BCUT2D eigenvalue weighted by molar-refractivity contribution is 0.103. The molecule has 1 atom stereocenters. The van der Waals surface area contributed by atoms with E-state index < -0.39 is 6.10 Å². The Kier molecular flexibility index (Phi) is 7.40. The van der Waals surface area contributed by atoms with E-state index in [0.717, 1.165) is 5.56 Å². The van der Waals surface area contributed by atoms with Crippen LogP contribution >= 0.6 is 0 Å². The average Bonchev–Trinajstić information content (AvgIpc) is 2.42. The van der Waals surface area contributed by atoms with Gasteiger partial charge in [0.1, 0.15) is 18.2 Å². The first kappa shape index (κ1) is 15.9. The summed E-state index contributed by atoms with van der Waals surface area (Å²) in [7, 11) is 1.63.